The zero-order valence-corrected chi connectivity index (χ0v) is 13.3. The molecule has 1 aromatic rings. The molecular formula is C16H24N2O3. The van der Waals surface area contributed by atoms with Crippen molar-refractivity contribution in [2.45, 2.75) is 51.7 Å². The third-order valence-electron chi connectivity index (χ3n) is 3.46. The molecule has 0 radical (unpaired) electrons. The minimum atomic E-state index is -0.456. The first kappa shape index (κ1) is 15.6. The van der Waals surface area contributed by atoms with Crippen molar-refractivity contribution in [1.82, 2.24) is 9.88 Å². The lowest BCUT2D eigenvalue weighted by Crippen LogP contribution is -2.49. The molecule has 0 N–H and O–H groups in total. The van der Waals surface area contributed by atoms with Crippen molar-refractivity contribution in [3.8, 4) is 5.88 Å². The highest BCUT2D eigenvalue weighted by Gasteiger charge is 2.35. The lowest BCUT2D eigenvalue weighted by Gasteiger charge is -2.39. The van der Waals surface area contributed by atoms with Crippen LogP contribution in [0.4, 0.5) is 4.79 Å². The van der Waals surface area contributed by atoms with Crippen molar-refractivity contribution in [3.63, 3.8) is 0 Å². The number of rotatable bonds is 2. The van der Waals surface area contributed by atoms with Gasteiger partial charge in [-0.15, -0.1) is 0 Å². The van der Waals surface area contributed by atoms with Gasteiger partial charge in [0, 0.05) is 38.2 Å². The Labute approximate surface area is 126 Å². The normalized spacial score (nSPS) is 18.2. The molecule has 0 bridgehead atoms. The number of hydrogen-bond donors (Lipinski definition) is 0. The van der Waals surface area contributed by atoms with Gasteiger partial charge in [0.1, 0.15) is 11.2 Å². The minimum Gasteiger partial charge on any atom is -0.471 e. The summed E-state index contributed by atoms with van der Waals surface area (Å²) in [4.78, 5) is 18.0. The Morgan fingerprint density at radius 1 is 1.29 bits per heavy atom. The Balaban J connectivity index is 1.89. The second-order valence-electron chi connectivity index (χ2n) is 6.69. The van der Waals surface area contributed by atoms with E-state index in [0.29, 0.717) is 19.0 Å². The summed E-state index contributed by atoms with van der Waals surface area (Å²) in [5.74, 6) is 0.630. The van der Waals surface area contributed by atoms with Crippen LogP contribution < -0.4 is 4.74 Å². The molecule has 2 heterocycles. The summed E-state index contributed by atoms with van der Waals surface area (Å²) in [5, 5.41) is 0. The van der Waals surface area contributed by atoms with E-state index in [-0.39, 0.29) is 11.7 Å². The topological polar surface area (TPSA) is 51.7 Å². The van der Waals surface area contributed by atoms with Crippen LogP contribution in [-0.4, -0.2) is 40.3 Å². The molecule has 1 aliphatic heterocycles. The van der Waals surface area contributed by atoms with E-state index in [1.165, 1.54) is 0 Å². The lowest BCUT2D eigenvalue weighted by atomic mass is 9.93. The molecule has 0 saturated carbocycles. The van der Waals surface area contributed by atoms with Gasteiger partial charge in [-0.25, -0.2) is 9.78 Å². The molecule has 5 nitrogen and oxygen atoms in total. The molecule has 0 aromatic carbocycles. The molecule has 1 saturated heterocycles. The number of carbonyl (C=O) groups is 1. The largest absolute Gasteiger partial charge is 0.471 e. The van der Waals surface area contributed by atoms with Crippen molar-refractivity contribution in [2.75, 3.05) is 13.1 Å². The van der Waals surface area contributed by atoms with Gasteiger partial charge in [0.25, 0.3) is 0 Å². The van der Waals surface area contributed by atoms with Crippen LogP contribution in [0.1, 0.15) is 40.5 Å². The van der Waals surface area contributed by atoms with Gasteiger partial charge in [-0.2, -0.15) is 0 Å². The van der Waals surface area contributed by atoms with Crippen LogP contribution in [0.15, 0.2) is 24.4 Å². The fraction of sp³-hybridized carbons (Fsp3) is 0.625. The molecule has 21 heavy (non-hydrogen) atoms. The molecule has 1 fully saturated rings. The Morgan fingerprint density at radius 3 is 2.48 bits per heavy atom. The number of aromatic nitrogens is 1. The fourth-order valence-electron chi connectivity index (χ4n) is 2.25. The van der Waals surface area contributed by atoms with E-state index in [0.717, 1.165) is 12.8 Å². The molecular weight excluding hydrogens is 268 g/mol. The van der Waals surface area contributed by atoms with Crippen molar-refractivity contribution in [2.24, 2.45) is 0 Å². The maximum absolute atomic E-state index is 12.0. The smallest absolute Gasteiger partial charge is 0.410 e. The molecule has 116 valence electrons. The minimum absolute atomic E-state index is 0.248. The summed E-state index contributed by atoms with van der Waals surface area (Å²) in [6.45, 7) is 8.97. The first-order valence-corrected chi connectivity index (χ1v) is 7.35. The summed E-state index contributed by atoms with van der Waals surface area (Å²) in [7, 11) is 0. The van der Waals surface area contributed by atoms with E-state index in [9.17, 15) is 4.79 Å². The van der Waals surface area contributed by atoms with Gasteiger partial charge in [0.15, 0.2) is 0 Å². The summed E-state index contributed by atoms with van der Waals surface area (Å²) in [5.41, 5.74) is -0.741. The average Bonchev–Trinajstić information content (AvgIpc) is 2.38. The van der Waals surface area contributed by atoms with Crippen LogP contribution >= 0.6 is 0 Å². The Bertz CT molecular complexity index is 474. The number of hydrogen-bond acceptors (Lipinski definition) is 4. The Morgan fingerprint density at radius 2 is 1.95 bits per heavy atom. The summed E-state index contributed by atoms with van der Waals surface area (Å²) < 4.78 is 11.4. The van der Waals surface area contributed by atoms with Crippen molar-refractivity contribution < 1.29 is 14.3 Å². The van der Waals surface area contributed by atoms with Gasteiger partial charge in [-0.3, -0.25) is 0 Å². The molecule has 0 spiro atoms. The highest BCUT2D eigenvalue weighted by Crippen LogP contribution is 2.28. The highest BCUT2D eigenvalue weighted by atomic mass is 16.6. The summed E-state index contributed by atoms with van der Waals surface area (Å²) in [6, 6.07) is 5.62. The van der Waals surface area contributed by atoms with E-state index in [4.69, 9.17) is 9.47 Å². The van der Waals surface area contributed by atoms with Gasteiger partial charge in [0.05, 0.1) is 0 Å². The second-order valence-corrected chi connectivity index (χ2v) is 6.69. The molecule has 5 heteroatoms. The average molecular weight is 292 g/mol. The predicted molar refractivity (Wildman–Crippen MR) is 80.3 cm³/mol. The van der Waals surface area contributed by atoms with Gasteiger partial charge >= 0.3 is 6.09 Å². The van der Waals surface area contributed by atoms with Crippen LogP contribution in [0.25, 0.3) is 0 Å². The number of likely N-dealkylation sites (tertiary alicyclic amines) is 1. The van der Waals surface area contributed by atoms with Crippen LogP contribution in [0.3, 0.4) is 0 Å². The first-order chi connectivity index (χ1) is 9.77. The van der Waals surface area contributed by atoms with Gasteiger partial charge in [0.2, 0.25) is 5.88 Å². The maximum atomic E-state index is 12.0. The fourth-order valence-corrected chi connectivity index (χ4v) is 2.25. The quantitative estimate of drug-likeness (QED) is 0.839. The third-order valence-corrected chi connectivity index (χ3v) is 3.46. The number of ether oxygens (including phenoxy) is 2. The Kier molecular flexibility index (Phi) is 4.40. The van der Waals surface area contributed by atoms with Crippen LogP contribution in [-0.2, 0) is 4.74 Å². The van der Waals surface area contributed by atoms with Crippen molar-refractivity contribution >= 4 is 6.09 Å². The lowest BCUT2D eigenvalue weighted by molar-refractivity contribution is -0.0113. The van der Waals surface area contributed by atoms with Crippen LogP contribution in [0.2, 0.25) is 0 Å². The number of pyridine rings is 1. The van der Waals surface area contributed by atoms with Gasteiger partial charge in [-0.05, 0) is 33.8 Å². The van der Waals surface area contributed by atoms with E-state index < -0.39 is 5.60 Å². The number of nitrogens with zero attached hydrogens (tertiary/aromatic N) is 2. The van der Waals surface area contributed by atoms with Crippen LogP contribution in [0.5, 0.6) is 5.88 Å². The van der Waals surface area contributed by atoms with Crippen molar-refractivity contribution in [1.29, 1.82) is 0 Å². The monoisotopic (exact) mass is 292 g/mol. The van der Waals surface area contributed by atoms with E-state index >= 15 is 0 Å². The maximum Gasteiger partial charge on any atom is 0.410 e. The Hall–Kier alpha value is -1.78. The highest BCUT2D eigenvalue weighted by molar-refractivity contribution is 5.68. The molecule has 2 rings (SSSR count). The third kappa shape index (κ3) is 4.62. The molecule has 0 atom stereocenters. The second kappa shape index (κ2) is 5.92. The molecule has 1 amide bonds. The first-order valence-electron chi connectivity index (χ1n) is 7.35. The van der Waals surface area contributed by atoms with Crippen LogP contribution in [0, 0.1) is 0 Å². The van der Waals surface area contributed by atoms with E-state index in [2.05, 4.69) is 11.9 Å². The number of piperidine rings is 1. The summed E-state index contributed by atoms with van der Waals surface area (Å²) >= 11 is 0. The summed E-state index contributed by atoms with van der Waals surface area (Å²) in [6.07, 6.45) is 3.00. The molecule has 0 unspecified atom stereocenters. The SMILES string of the molecule is CC(C)(C)OC(=O)N1CCC(C)(Oc2ccccn2)CC1. The predicted octanol–water partition coefficient (Wildman–Crippen LogP) is 3.25. The zero-order chi connectivity index (χ0) is 15.5. The molecule has 0 aliphatic carbocycles. The van der Waals surface area contributed by atoms with E-state index in [1.54, 1.807) is 11.1 Å². The van der Waals surface area contributed by atoms with E-state index in [1.807, 2.05) is 39.0 Å². The number of carbonyl (C=O) groups excluding carboxylic acids is 1. The zero-order valence-electron chi connectivity index (χ0n) is 13.3. The van der Waals surface area contributed by atoms with Gasteiger partial charge < -0.3 is 14.4 Å². The molecule has 1 aromatic heterocycles. The number of amides is 1. The van der Waals surface area contributed by atoms with Gasteiger partial charge in [-0.1, -0.05) is 6.07 Å². The van der Waals surface area contributed by atoms with Crippen molar-refractivity contribution in [3.05, 3.63) is 24.4 Å². The molecule has 1 aliphatic rings. The standard InChI is InChI=1S/C16H24N2O3/c1-15(2,3)21-14(19)18-11-8-16(4,9-12-18)20-13-7-5-6-10-17-13/h5-7,10H,8-9,11-12H2,1-4H3.